The van der Waals surface area contributed by atoms with E-state index in [2.05, 4.69) is 0 Å². The summed E-state index contributed by atoms with van der Waals surface area (Å²) in [6, 6.07) is 1.81. The Morgan fingerprint density at radius 3 is 3.14 bits per heavy atom. The molecule has 0 nitrogen and oxygen atoms in total. The zero-order chi connectivity index (χ0) is 6.91. The first-order valence-corrected chi connectivity index (χ1v) is 3.07. The highest BCUT2D eigenvalue weighted by atomic mass is 32.1. The van der Waals surface area contributed by atoms with Gasteiger partial charge in [-0.1, -0.05) is 6.92 Å². The first-order valence-electron chi connectivity index (χ1n) is 3.13. The summed E-state index contributed by atoms with van der Waals surface area (Å²) in [5, 5.41) is 3.72. The van der Waals surface area contributed by atoms with Gasteiger partial charge in [-0.2, -0.15) is 11.3 Å². The maximum atomic E-state index is 7.26. The summed E-state index contributed by atoms with van der Waals surface area (Å²) in [4.78, 5) is 0. The van der Waals surface area contributed by atoms with Gasteiger partial charge in [-0.05, 0) is 28.8 Å². The maximum absolute atomic E-state index is 7.26. The minimum atomic E-state index is -1.17. The summed E-state index contributed by atoms with van der Waals surface area (Å²) in [6.45, 7) is 1.56. The molecule has 0 unspecified atom stereocenters. The quantitative estimate of drug-likeness (QED) is 0.525. The summed E-state index contributed by atoms with van der Waals surface area (Å²) in [7, 11) is 0. The zero-order valence-corrected chi connectivity index (χ0v) is 4.96. The number of hydrogen-bond acceptors (Lipinski definition) is 1. The number of rotatable bonds is 1. The van der Waals surface area contributed by atoms with Crippen molar-refractivity contribution in [1.82, 2.24) is 0 Å². The minimum Gasteiger partial charge on any atom is -0.152 e. The maximum Gasteiger partial charge on any atom is 0.0313 e. The van der Waals surface area contributed by atoms with Crippen LogP contribution in [0.5, 0.6) is 0 Å². The molecule has 0 radical (unpaired) electrons. The molecule has 0 atom stereocenters. The largest absolute Gasteiger partial charge is 0.152 e. The van der Waals surface area contributed by atoms with Crippen molar-refractivity contribution in [2.45, 2.75) is 13.3 Å². The Morgan fingerprint density at radius 2 is 2.86 bits per heavy atom. The highest BCUT2D eigenvalue weighted by Gasteiger charge is 1.82. The van der Waals surface area contributed by atoms with Crippen LogP contribution in [0.4, 0.5) is 0 Å². The van der Waals surface area contributed by atoms with Gasteiger partial charge in [0.2, 0.25) is 0 Å². The molecule has 7 heavy (non-hydrogen) atoms. The zero-order valence-electron chi connectivity index (χ0n) is 6.14. The highest BCUT2D eigenvalue weighted by Crippen LogP contribution is 2.04. The highest BCUT2D eigenvalue weighted by molar-refractivity contribution is 7.07. The van der Waals surface area contributed by atoms with Crippen LogP contribution in [0.2, 0.25) is 0 Å². The van der Waals surface area contributed by atoms with Crippen molar-refractivity contribution in [1.29, 1.82) is 0 Å². The molecule has 0 saturated heterocycles. The fourth-order valence-electron chi connectivity index (χ4n) is 0.407. The Balaban J connectivity index is 2.90. The summed E-state index contributed by atoms with van der Waals surface area (Å²) in [5.41, 5.74) is 0.771. The first kappa shape index (κ1) is 2.88. The van der Waals surface area contributed by atoms with Crippen molar-refractivity contribution in [2.24, 2.45) is 0 Å². The molecule has 38 valence electrons. The third kappa shape index (κ3) is 1.03. The van der Waals surface area contributed by atoms with Gasteiger partial charge in [-0.15, -0.1) is 0 Å². The molecule has 0 spiro atoms. The van der Waals surface area contributed by atoms with Gasteiger partial charge in [0, 0.05) is 2.74 Å². The summed E-state index contributed by atoms with van der Waals surface area (Å²) in [6.07, 6.45) is -1.17. The van der Waals surface area contributed by atoms with Crippen LogP contribution < -0.4 is 0 Å². The van der Waals surface area contributed by atoms with E-state index in [1.54, 1.807) is 6.92 Å². The molecule has 0 N–H and O–H groups in total. The SMILES string of the molecule is [2H]C([2H])(C)c1ccsc1. The van der Waals surface area contributed by atoms with Crippen molar-refractivity contribution in [2.75, 3.05) is 0 Å². The molecule has 0 aromatic carbocycles. The van der Waals surface area contributed by atoms with Gasteiger partial charge < -0.3 is 0 Å². The summed E-state index contributed by atoms with van der Waals surface area (Å²) < 4.78 is 14.5. The molecule has 1 aromatic heterocycles. The predicted molar refractivity (Wildman–Crippen MR) is 33.7 cm³/mol. The van der Waals surface area contributed by atoms with Crippen LogP contribution in [0, 0.1) is 0 Å². The van der Waals surface area contributed by atoms with E-state index in [9.17, 15) is 0 Å². The number of thiophene rings is 1. The van der Waals surface area contributed by atoms with E-state index >= 15 is 0 Å². The van der Waals surface area contributed by atoms with E-state index in [4.69, 9.17) is 2.74 Å². The average molecular weight is 114 g/mol. The van der Waals surface area contributed by atoms with Crippen LogP contribution in [-0.2, 0) is 6.37 Å². The van der Waals surface area contributed by atoms with E-state index in [1.165, 1.54) is 11.3 Å². The van der Waals surface area contributed by atoms with Gasteiger partial charge in [-0.3, -0.25) is 0 Å². The third-order valence-electron chi connectivity index (χ3n) is 0.810. The summed E-state index contributed by atoms with van der Waals surface area (Å²) >= 11 is 1.53. The lowest BCUT2D eigenvalue weighted by atomic mass is 10.3. The molecule has 0 aliphatic heterocycles. The van der Waals surface area contributed by atoms with Gasteiger partial charge in [0.05, 0.1) is 0 Å². The van der Waals surface area contributed by atoms with Gasteiger partial charge >= 0.3 is 0 Å². The molecule has 0 aliphatic rings. The van der Waals surface area contributed by atoms with Gasteiger partial charge in [0.1, 0.15) is 0 Å². The molecule has 1 heterocycles. The van der Waals surface area contributed by atoms with E-state index in [0.29, 0.717) is 0 Å². The predicted octanol–water partition coefficient (Wildman–Crippen LogP) is 2.31. The molecule has 0 fully saturated rings. The molecule has 1 heteroatoms. The second-order valence-electron chi connectivity index (χ2n) is 1.26. The fraction of sp³-hybridized carbons (Fsp3) is 0.333. The van der Waals surface area contributed by atoms with E-state index in [1.807, 2.05) is 16.8 Å². The molecule has 0 bridgehead atoms. The van der Waals surface area contributed by atoms with Crippen molar-refractivity contribution in [3.05, 3.63) is 22.4 Å². The minimum absolute atomic E-state index is 0.771. The standard InChI is InChI=1S/C6H8S/c1-2-6-3-4-7-5-6/h3-5H,2H2,1H3/i2D2. The molecule has 0 aliphatic carbocycles. The smallest absolute Gasteiger partial charge is 0.0313 e. The first-order chi connectivity index (χ1) is 4.11. The Labute approximate surface area is 50.6 Å². The van der Waals surface area contributed by atoms with Gasteiger partial charge in [0.15, 0.2) is 0 Å². The van der Waals surface area contributed by atoms with Crippen LogP contribution in [0.15, 0.2) is 16.8 Å². The molecular formula is C6H8S. The lowest BCUT2D eigenvalue weighted by Crippen LogP contribution is -1.66. The lowest BCUT2D eigenvalue weighted by Gasteiger charge is -1.78. The lowest BCUT2D eigenvalue weighted by molar-refractivity contribution is 1.16. The van der Waals surface area contributed by atoms with Crippen molar-refractivity contribution in [3.8, 4) is 0 Å². The Morgan fingerprint density at radius 1 is 2.00 bits per heavy atom. The Bertz CT molecular complexity index is 173. The van der Waals surface area contributed by atoms with Crippen LogP contribution in [0.1, 0.15) is 15.2 Å². The second-order valence-corrected chi connectivity index (χ2v) is 2.04. The van der Waals surface area contributed by atoms with Crippen LogP contribution in [0.25, 0.3) is 0 Å². The molecular weight excluding hydrogens is 104 g/mol. The van der Waals surface area contributed by atoms with Crippen molar-refractivity contribution >= 4 is 11.3 Å². The average Bonchev–Trinajstić information content (AvgIpc) is 2.08. The molecule has 0 saturated carbocycles. The van der Waals surface area contributed by atoms with Gasteiger partial charge in [-0.25, -0.2) is 0 Å². The fourth-order valence-corrected chi connectivity index (χ4v) is 1.05. The van der Waals surface area contributed by atoms with Crippen molar-refractivity contribution in [3.63, 3.8) is 0 Å². The van der Waals surface area contributed by atoms with E-state index in [-0.39, 0.29) is 0 Å². The van der Waals surface area contributed by atoms with Crippen LogP contribution in [-0.4, -0.2) is 0 Å². The van der Waals surface area contributed by atoms with Crippen LogP contribution >= 0.6 is 11.3 Å². The molecule has 1 aromatic rings. The topological polar surface area (TPSA) is 0 Å². The summed E-state index contributed by atoms with van der Waals surface area (Å²) in [5.74, 6) is 0. The van der Waals surface area contributed by atoms with E-state index in [0.717, 1.165) is 5.56 Å². The van der Waals surface area contributed by atoms with Crippen molar-refractivity contribution < 1.29 is 2.74 Å². The second kappa shape index (κ2) is 2.12. The Hall–Kier alpha value is -0.300. The molecule has 1 rings (SSSR count). The van der Waals surface area contributed by atoms with Crippen LogP contribution in [0.3, 0.4) is 0 Å². The third-order valence-corrected chi connectivity index (χ3v) is 1.49. The number of hydrogen-bond donors (Lipinski definition) is 0. The molecule has 0 amide bonds. The number of aryl methyl sites for hydroxylation is 1. The monoisotopic (exact) mass is 114 g/mol. The van der Waals surface area contributed by atoms with E-state index < -0.39 is 6.37 Å². The normalized spacial score (nSPS) is 15.6. The Kier molecular flexibility index (Phi) is 0.873. The van der Waals surface area contributed by atoms with Gasteiger partial charge in [0.25, 0.3) is 0 Å².